The molecule has 4 rings (SSSR count). The highest BCUT2D eigenvalue weighted by Gasteiger charge is 2.55. The molecule has 2 aromatic rings. The van der Waals surface area contributed by atoms with Crippen molar-refractivity contribution in [3.63, 3.8) is 0 Å². The number of fused-ring (bicyclic) bond motifs is 2. The Labute approximate surface area is 150 Å². The summed E-state index contributed by atoms with van der Waals surface area (Å²) in [4.78, 5) is 24.4. The predicted molar refractivity (Wildman–Crippen MR) is 94.1 cm³/mol. The molecule has 2 aromatic carbocycles. The van der Waals surface area contributed by atoms with Crippen LogP contribution in [-0.2, 0) is 14.3 Å². The molecule has 0 aliphatic carbocycles. The molecule has 2 N–H and O–H groups in total. The lowest BCUT2D eigenvalue weighted by Gasteiger charge is -2.24. The van der Waals surface area contributed by atoms with Gasteiger partial charge in [-0.15, -0.1) is 0 Å². The van der Waals surface area contributed by atoms with Crippen LogP contribution in [-0.4, -0.2) is 29.2 Å². The number of hydrogen-bond acceptors (Lipinski definition) is 4. The van der Waals surface area contributed by atoms with Crippen molar-refractivity contribution < 1.29 is 24.2 Å². The van der Waals surface area contributed by atoms with Gasteiger partial charge in [0.2, 0.25) is 5.91 Å². The van der Waals surface area contributed by atoms with Crippen molar-refractivity contribution in [1.29, 1.82) is 0 Å². The molecule has 4 atom stereocenters. The summed E-state index contributed by atoms with van der Waals surface area (Å²) in [6, 6.07) is 16.4. The number of hydrogen-bond donors (Lipinski definition) is 2. The normalized spacial score (nSPS) is 26.5. The third-order valence-electron chi connectivity index (χ3n) is 4.98. The van der Waals surface area contributed by atoms with Crippen molar-refractivity contribution in [3.8, 4) is 11.5 Å². The van der Waals surface area contributed by atoms with Crippen LogP contribution < -0.4 is 10.1 Å². The number of rotatable bonds is 5. The van der Waals surface area contributed by atoms with Crippen molar-refractivity contribution >= 4 is 17.6 Å². The lowest BCUT2D eigenvalue weighted by atomic mass is 9.78. The molecule has 6 heteroatoms. The molecule has 2 aliphatic heterocycles. The van der Waals surface area contributed by atoms with Crippen LogP contribution in [0, 0.1) is 11.8 Å². The van der Waals surface area contributed by atoms with Crippen LogP contribution in [0.2, 0.25) is 0 Å². The summed E-state index contributed by atoms with van der Waals surface area (Å²) < 4.78 is 11.5. The van der Waals surface area contributed by atoms with E-state index < -0.39 is 17.8 Å². The molecule has 0 saturated carbocycles. The molecule has 2 heterocycles. The zero-order valence-electron chi connectivity index (χ0n) is 14.0. The maximum Gasteiger partial charge on any atom is 0.310 e. The number of anilines is 1. The summed E-state index contributed by atoms with van der Waals surface area (Å²) in [6.45, 7) is 0. The van der Waals surface area contributed by atoms with Crippen molar-refractivity contribution in [3.05, 3.63) is 54.6 Å². The topological polar surface area (TPSA) is 84.9 Å². The van der Waals surface area contributed by atoms with Crippen LogP contribution in [0.1, 0.15) is 12.8 Å². The quantitative estimate of drug-likeness (QED) is 0.861. The maximum atomic E-state index is 12.8. The summed E-state index contributed by atoms with van der Waals surface area (Å²) in [6.07, 6.45) is 0.709. The fraction of sp³-hybridized carbons (Fsp3) is 0.300. The number of amides is 1. The van der Waals surface area contributed by atoms with Gasteiger partial charge in [0.1, 0.15) is 5.75 Å². The van der Waals surface area contributed by atoms with Crippen molar-refractivity contribution in [1.82, 2.24) is 0 Å². The SMILES string of the molecule is O=C(O)[C@@H]1[C@@H](C(=O)Nc2ccccc2Oc2ccccc2)[C@H]2CC[C@@H]1O2. The molecule has 2 aliphatic rings. The molecular formula is C20H19NO5. The monoisotopic (exact) mass is 353 g/mol. The predicted octanol–water partition coefficient (Wildman–Crippen LogP) is 3.30. The molecule has 6 nitrogen and oxygen atoms in total. The minimum atomic E-state index is -0.980. The zero-order valence-corrected chi connectivity index (χ0v) is 14.0. The Balaban J connectivity index is 1.54. The van der Waals surface area contributed by atoms with Gasteiger partial charge in [-0.1, -0.05) is 30.3 Å². The van der Waals surface area contributed by atoms with E-state index in [9.17, 15) is 14.7 Å². The van der Waals surface area contributed by atoms with E-state index in [1.807, 2.05) is 36.4 Å². The van der Waals surface area contributed by atoms with Crippen LogP contribution in [0.4, 0.5) is 5.69 Å². The molecule has 2 saturated heterocycles. The van der Waals surface area contributed by atoms with E-state index in [1.54, 1.807) is 18.2 Å². The van der Waals surface area contributed by atoms with Crippen LogP contribution >= 0.6 is 0 Å². The number of carbonyl (C=O) groups excluding carboxylic acids is 1. The van der Waals surface area contributed by atoms with E-state index >= 15 is 0 Å². The highest BCUT2D eigenvalue weighted by molar-refractivity contribution is 5.97. The Morgan fingerprint density at radius 1 is 0.962 bits per heavy atom. The fourth-order valence-electron chi connectivity index (χ4n) is 3.82. The number of ether oxygens (including phenoxy) is 2. The van der Waals surface area contributed by atoms with E-state index in [0.717, 1.165) is 0 Å². The zero-order chi connectivity index (χ0) is 18.1. The summed E-state index contributed by atoms with van der Waals surface area (Å²) >= 11 is 0. The molecule has 2 bridgehead atoms. The number of carboxylic acid groups (broad SMARTS) is 1. The Kier molecular flexibility index (Phi) is 4.34. The van der Waals surface area contributed by atoms with E-state index in [-0.39, 0.29) is 18.1 Å². The van der Waals surface area contributed by atoms with Crippen LogP contribution in [0.5, 0.6) is 11.5 Å². The van der Waals surface area contributed by atoms with Crippen LogP contribution in [0.3, 0.4) is 0 Å². The van der Waals surface area contributed by atoms with Gasteiger partial charge in [-0.05, 0) is 37.1 Å². The summed E-state index contributed by atoms with van der Waals surface area (Å²) in [7, 11) is 0. The molecule has 0 unspecified atom stereocenters. The van der Waals surface area contributed by atoms with Crippen LogP contribution in [0.15, 0.2) is 54.6 Å². The average molecular weight is 353 g/mol. The third kappa shape index (κ3) is 3.04. The lowest BCUT2D eigenvalue weighted by Crippen LogP contribution is -2.40. The Bertz CT molecular complexity index is 822. The highest BCUT2D eigenvalue weighted by atomic mass is 16.5. The van der Waals surface area contributed by atoms with Crippen molar-refractivity contribution in [2.45, 2.75) is 25.0 Å². The van der Waals surface area contributed by atoms with Gasteiger partial charge in [-0.3, -0.25) is 9.59 Å². The van der Waals surface area contributed by atoms with Gasteiger partial charge in [0, 0.05) is 0 Å². The van der Waals surface area contributed by atoms with Crippen molar-refractivity contribution in [2.24, 2.45) is 11.8 Å². The first-order valence-electron chi connectivity index (χ1n) is 8.64. The molecule has 1 amide bonds. The van der Waals surface area contributed by atoms with Gasteiger partial charge in [0.25, 0.3) is 0 Å². The molecule has 0 spiro atoms. The number of para-hydroxylation sites is 3. The standard InChI is InChI=1S/C20H19NO5/c22-19(17-15-10-11-16(26-15)18(17)20(23)24)21-13-8-4-5-9-14(13)25-12-6-2-1-3-7-12/h1-9,15-18H,10-11H2,(H,21,22)(H,23,24)/t15-,16+,17+,18+/m1/s1. The number of carbonyl (C=O) groups is 2. The van der Waals surface area contributed by atoms with E-state index in [4.69, 9.17) is 9.47 Å². The fourth-order valence-corrected chi connectivity index (χ4v) is 3.82. The molecule has 0 radical (unpaired) electrons. The lowest BCUT2D eigenvalue weighted by molar-refractivity contribution is -0.147. The minimum Gasteiger partial charge on any atom is -0.481 e. The Morgan fingerprint density at radius 2 is 1.62 bits per heavy atom. The van der Waals surface area contributed by atoms with Gasteiger partial charge >= 0.3 is 5.97 Å². The minimum absolute atomic E-state index is 0.330. The third-order valence-corrected chi connectivity index (χ3v) is 4.98. The second-order valence-electron chi connectivity index (χ2n) is 6.58. The second-order valence-corrected chi connectivity index (χ2v) is 6.58. The summed E-state index contributed by atoms with van der Waals surface area (Å²) in [5.74, 6) is -1.64. The van der Waals surface area contributed by atoms with E-state index in [0.29, 0.717) is 30.0 Å². The summed E-state index contributed by atoms with van der Waals surface area (Å²) in [5, 5.41) is 12.3. The highest BCUT2D eigenvalue weighted by Crippen LogP contribution is 2.44. The molecule has 26 heavy (non-hydrogen) atoms. The maximum absolute atomic E-state index is 12.8. The van der Waals surface area contributed by atoms with Crippen molar-refractivity contribution in [2.75, 3.05) is 5.32 Å². The number of nitrogens with one attached hydrogen (secondary N) is 1. The average Bonchev–Trinajstić information content (AvgIpc) is 3.25. The first kappa shape index (κ1) is 16.6. The first-order chi connectivity index (χ1) is 12.6. The number of benzene rings is 2. The van der Waals surface area contributed by atoms with Gasteiger partial charge in [0.05, 0.1) is 29.7 Å². The first-order valence-corrected chi connectivity index (χ1v) is 8.64. The van der Waals surface area contributed by atoms with E-state index in [2.05, 4.69) is 5.32 Å². The number of carboxylic acids is 1. The van der Waals surface area contributed by atoms with Gasteiger partial charge < -0.3 is 19.9 Å². The van der Waals surface area contributed by atoms with Crippen LogP contribution in [0.25, 0.3) is 0 Å². The second kappa shape index (κ2) is 6.80. The molecule has 134 valence electrons. The molecule has 2 fully saturated rings. The Hall–Kier alpha value is -2.86. The molecule has 0 aromatic heterocycles. The van der Waals surface area contributed by atoms with Gasteiger partial charge in [-0.25, -0.2) is 0 Å². The Morgan fingerprint density at radius 3 is 2.35 bits per heavy atom. The molecular weight excluding hydrogens is 334 g/mol. The smallest absolute Gasteiger partial charge is 0.310 e. The number of aliphatic carboxylic acids is 1. The van der Waals surface area contributed by atoms with Gasteiger partial charge in [-0.2, -0.15) is 0 Å². The van der Waals surface area contributed by atoms with Gasteiger partial charge in [0.15, 0.2) is 5.75 Å². The van der Waals surface area contributed by atoms with E-state index in [1.165, 1.54) is 0 Å². The largest absolute Gasteiger partial charge is 0.481 e. The summed E-state index contributed by atoms with van der Waals surface area (Å²) in [5.41, 5.74) is 0.508.